The molecule has 0 amide bonds. The molecule has 0 spiro atoms. The summed E-state index contributed by atoms with van der Waals surface area (Å²) >= 11 is 5.84. The zero-order chi connectivity index (χ0) is 11.3. The summed E-state index contributed by atoms with van der Waals surface area (Å²) in [6.45, 7) is 5.25. The fourth-order valence-corrected chi connectivity index (χ4v) is 2.01. The fraction of sp³-hybridized carbons (Fsp3) is 0.538. The van der Waals surface area contributed by atoms with E-state index in [1.54, 1.807) is 0 Å². The van der Waals surface area contributed by atoms with Gasteiger partial charge < -0.3 is 5.73 Å². The third-order valence-corrected chi connectivity index (χ3v) is 2.83. The van der Waals surface area contributed by atoms with Gasteiger partial charge in [0, 0.05) is 5.02 Å². The van der Waals surface area contributed by atoms with Gasteiger partial charge in [-0.25, -0.2) is 0 Å². The summed E-state index contributed by atoms with van der Waals surface area (Å²) in [6, 6.07) is 8.07. The molecule has 2 heteroatoms. The van der Waals surface area contributed by atoms with Gasteiger partial charge in [-0.1, -0.05) is 37.6 Å². The zero-order valence-electron chi connectivity index (χ0n) is 9.54. The predicted molar refractivity (Wildman–Crippen MR) is 67.2 cm³/mol. The second kappa shape index (κ2) is 6.14. The van der Waals surface area contributed by atoms with Crippen molar-refractivity contribution in [2.45, 2.75) is 26.7 Å². The van der Waals surface area contributed by atoms with Crippen LogP contribution in [-0.4, -0.2) is 6.54 Å². The molecule has 0 heterocycles. The normalized spacial score (nSPS) is 13.1. The smallest absolute Gasteiger partial charge is 0.0406 e. The molecule has 0 saturated carbocycles. The molecule has 1 atom stereocenters. The minimum absolute atomic E-state index is 0.589. The van der Waals surface area contributed by atoms with Crippen LogP contribution in [-0.2, 0) is 6.42 Å². The van der Waals surface area contributed by atoms with E-state index in [2.05, 4.69) is 26.0 Å². The summed E-state index contributed by atoms with van der Waals surface area (Å²) in [7, 11) is 0. The molecule has 1 nitrogen and oxygen atoms in total. The average Bonchev–Trinajstić information content (AvgIpc) is 2.19. The molecule has 0 aliphatic heterocycles. The summed E-state index contributed by atoms with van der Waals surface area (Å²) in [4.78, 5) is 0. The lowest BCUT2D eigenvalue weighted by Crippen LogP contribution is -2.18. The molecular weight excluding hydrogens is 206 g/mol. The van der Waals surface area contributed by atoms with Crippen LogP contribution >= 0.6 is 11.6 Å². The van der Waals surface area contributed by atoms with Crippen molar-refractivity contribution in [1.82, 2.24) is 0 Å². The minimum atomic E-state index is 0.589. The van der Waals surface area contributed by atoms with Crippen molar-refractivity contribution in [3.05, 3.63) is 34.9 Å². The maximum Gasteiger partial charge on any atom is 0.0406 e. The van der Waals surface area contributed by atoms with Crippen molar-refractivity contribution in [2.24, 2.45) is 17.6 Å². The average molecular weight is 226 g/mol. The molecule has 0 bridgehead atoms. The second-order valence-corrected chi connectivity index (χ2v) is 5.00. The van der Waals surface area contributed by atoms with Crippen LogP contribution in [0.5, 0.6) is 0 Å². The molecule has 1 aromatic carbocycles. The highest BCUT2D eigenvalue weighted by Crippen LogP contribution is 2.17. The van der Waals surface area contributed by atoms with E-state index in [4.69, 9.17) is 17.3 Å². The van der Waals surface area contributed by atoms with E-state index in [0.29, 0.717) is 11.8 Å². The first kappa shape index (κ1) is 12.5. The van der Waals surface area contributed by atoms with Crippen molar-refractivity contribution < 1.29 is 0 Å². The Labute approximate surface area is 97.6 Å². The largest absolute Gasteiger partial charge is 0.330 e. The molecule has 0 fully saturated rings. The third-order valence-electron chi connectivity index (χ3n) is 2.58. The van der Waals surface area contributed by atoms with Gasteiger partial charge in [0.25, 0.3) is 0 Å². The maximum atomic E-state index is 5.84. The number of rotatable bonds is 5. The van der Waals surface area contributed by atoms with Crippen LogP contribution in [0.25, 0.3) is 0 Å². The minimum Gasteiger partial charge on any atom is -0.330 e. The van der Waals surface area contributed by atoms with Crippen molar-refractivity contribution in [1.29, 1.82) is 0 Å². The molecule has 2 N–H and O–H groups in total. The summed E-state index contributed by atoms with van der Waals surface area (Å²) in [5, 5.41) is 0.798. The van der Waals surface area contributed by atoms with E-state index < -0.39 is 0 Å². The van der Waals surface area contributed by atoms with E-state index in [1.165, 1.54) is 12.0 Å². The van der Waals surface area contributed by atoms with E-state index in [-0.39, 0.29) is 0 Å². The van der Waals surface area contributed by atoms with Crippen LogP contribution in [0.3, 0.4) is 0 Å². The van der Waals surface area contributed by atoms with Gasteiger partial charge in [0.15, 0.2) is 0 Å². The molecular formula is C13H20ClN. The van der Waals surface area contributed by atoms with Crippen LogP contribution < -0.4 is 5.73 Å². The number of halogens is 1. The standard InChI is InChI=1S/C13H20ClN/c1-10(2)7-12(9-15)8-11-3-5-13(14)6-4-11/h3-6,10,12H,7-9,15H2,1-2H3. The molecule has 0 radical (unpaired) electrons. The van der Waals surface area contributed by atoms with Crippen LogP contribution in [0.1, 0.15) is 25.8 Å². The van der Waals surface area contributed by atoms with Gasteiger partial charge in [0.2, 0.25) is 0 Å². The number of nitrogens with two attached hydrogens (primary N) is 1. The zero-order valence-corrected chi connectivity index (χ0v) is 10.3. The lowest BCUT2D eigenvalue weighted by Gasteiger charge is -2.16. The topological polar surface area (TPSA) is 26.0 Å². The van der Waals surface area contributed by atoms with E-state index in [1.807, 2.05) is 12.1 Å². The molecule has 0 aliphatic carbocycles. The van der Waals surface area contributed by atoms with Crippen molar-refractivity contribution in [2.75, 3.05) is 6.54 Å². The quantitative estimate of drug-likeness (QED) is 0.816. The highest BCUT2D eigenvalue weighted by atomic mass is 35.5. The monoisotopic (exact) mass is 225 g/mol. The molecule has 0 aliphatic rings. The molecule has 0 saturated heterocycles. The summed E-state index contributed by atoms with van der Waals surface area (Å²) < 4.78 is 0. The summed E-state index contributed by atoms with van der Waals surface area (Å²) in [5.41, 5.74) is 7.10. The Hall–Kier alpha value is -0.530. The van der Waals surface area contributed by atoms with Crippen LogP contribution in [0.4, 0.5) is 0 Å². The lowest BCUT2D eigenvalue weighted by atomic mass is 9.91. The van der Waals surface area contributed by atoms with Gasteiger partial charge in [-0.15, -0.1) is 0 Å². The van der Waals surface area contributed by atoms with E-state index in [9.17, 15) is 0 Å². The van der Waals surface area contributed by atoms with Crippen LogP contribution in [0.2, 0.25) is 5.02 Å². The SMILES string of the molecule is CC(C)CC(CN)Cc1ccc(Cl)cc1. The van der Waals surface area contributed by atoms with Crippen molar-refractivity contribution >= 4 is 11.6 Å². The first-order valence-corrected chi connectivity index (χ1v) is 5.94. The molecule has 1 unspecified atom stereocenters. The van der Waals surface area contributed by atoms with E-state index >= 15 is 0 Å². The predicted octanol–water partition coefficient (Wildman–Crippen LogP) is 3.50. The van der Waals surface area contributed by atoms with Gasteiger partial charge in [-0.05, 0) is 48.9 Å². The summed E-state index contributed by atoms with van der Waals surface area (Å²) in [6.07, 6.45) is 2.25. The Morgan fingerprint density at radius 2 is 1.80 bits per heavy atom. The van der Waals surface area contributed by atoms with Gasteiger partial charge in [-0.3, -0.25) is 0 Å². The first-order chi connectivity index (χ1) is 7.11. The first-order valence-electron chi connectivity index (χ1n) is 5.56. The highest BCUT2D eigenvalue weighted by molar-refractivity contribution is 6.30. The van der Waals surface area contributed by atoms with Gasteiger partial charge in [0.05, 0.1) is 0 Å². The molecule has 1 rings (SSSR count). The lowest BCUT2D eigenvalue weighted by molar-refractivity contribution is 0.415. The molecule has 1 aromatic rings. The van der Waals surface area contributed by atoms with E-state index in [0.717, 1.165) is 18.0 Å². The second-order valence-electron chi connectivity index (χ2n) is 4.56. The molecule has 84 valence electrons. The fourth-order valence-electron chi connectivity index (χ4n) is 1.88. The summed E-state index contributed by atoms with van der Waals surface area (Å²) in [5.74, 6) is 1.30. The van der Waals surface area contributed by atoms with Gasteiger partial charge in [-0.2, -0.15) is 0 Å². The van der Waals surface area contributed by atoms with Gasteiger partial charge in [0.1, 0.15) is 0 Å². The number of hydrogen-bond donors (Lipinski definition) is 1. The Balaban J connectivity index is 2.54. The van der Waals surface area contributed by atoms with Crippen LogP contribution in [0.15, 0.2) is 24.3 Å². The van der Waals surface area contributed by atoms with Crippen molar-refractivity contribution in [3.8, 4) is 0 Å². The number of hydrogen-bond acceptors (Lipinski definition) is 1. The molecule has 0 aromatic heterocycles. The third kappa shape index (κ3) is 4.67. The number of benzene rings is 1. The Bertz CT molecular complexity index is 279. The Morgan fingerprint density at radius 3 is 2.27 bits per heavy atom. The molecule has 15 heavy (non-hydrogen) atoms. The van der Waals surface area contributed by atoms with Gasteiger partial charge >= 0.3 is 0 Å². The Kier molecular flexibility index (Phi) is 5.13. The van der Waals surface area contributed by atoms with Crippen molar-refractivity contribution in [3.63, 3.8) is 0 Å². The maximum absolute atomic E-state index is 5.84. The highest BCUT2D eigenvalue weighted by Gasteiger charge is 2.09. The Morgan fingerprint density at radius 1 is 1.20 bits per heavy atom. The van der Waals surface area contributed by atoms with Crippen LogP contribution in [0, 0.1) is 11.8 Å².